The molecule has 1 amide bonds. The zero-order chi connectivity index (χ0) is 24.3. The van der Waals surface area contributed by atoms with Crippen molar-refractivity contribution in [2.75, 3.05) is 24.1 Å². The summed E-state index contributed by atoms with van der Waals surface area (Å²) in [5.74, 6) is 0.558. The van der Waals surface area contributed by atoms with Crippen LogP contribution < -0.4 is 19.1 Å². The summed E-state index contributed by atoms with van der Waals surface area (Å²) < 4.78 is 39.4. The molecule has 1 heterocycles. The van der Waals surface area contributed by atoms with Gasteiger partial charge in [0.2, 0.25) is 5.91 Å². The van der Waals surface area contributed by atoms with E-state index in [2.05, 4.69) is 5.32 Å². The van der Waals surface area contributed by atoms with Gasteiger partial charge in [-0.1, -0.05) is 60.7 Å². The summed E-state index contributed by atoms with van der Waals surface area (Å²) in [6.45, 7) is 0.685. The summed E-state index contributed by atoms with van der Waals surface area (Å²) in [7, 11) is -4.02. The number of hydrogen-bond donors (Lipinski definition) is 1. The first-order valence-electron chi connectivity index (χ1n) is 11.2. The van der Waals surface area contributed by atoms with Crippen LogP contribution in [0.1, 0.15) is 5.56 Å². The lowest BCUT2D eigenvalue weighted by Crippen LogP contribution is -2.40. The van der Waals surface area contributed by atoms with Crippen LogP contribution in [0.5, 0.6) is 11.5 Å². The smallest absolute Gasteiger partial charge is 0.264 e. The molecule has 0 saturated carbocycles. The van der Waals surface area contributed by atoms with Crippen molar-refractivity contribution in [2.45, 2.75) is 11.4 Å². The number of carbonyl (C=O) groups excluding carboxylic acids is 1. The molecule has 0 atom stereocenters. The Labute approximate surface area is 204 Å². The fourth-order valence-corrected chi connectivity index (χ4v) is 5.48. The van der Waals surface area contributed by atoms with Gasteiger partial charge in [-0.05, 0) is 40.6 Å². The normalized spacial score (nSPS) is 12.8. The minimum absolute atomic E-state index is 0.0942. The Morgan fingerprint density at radius 3 is 2.37 bits per heavy atom. The molecule has 0 aliphatic carbocycles. The maximum absolute atomic E-state index is 13.6. The average molecular weight is 489 g/mol. The number of amides is 1. The first kappa shape index (κ1) is 22.7. The number of nitrogens with one attached hydrogen (secondary N) is 1. The van der Waals surface area contributed by atoms with Crippen LogP contribution in [0.3, 0.4) is 0 Å². The molecule has 0 radical (unpaired) electrons. The summed E-state index contributed by atoms with van der Waals surface area (Å²) in [6, 6.07) is 26.7. The molecule has 0 saturated heterocycles. The van der Waals surface area contributed by atoms with Crippen LogP contribution in [0, 0.1) is 0 Å². The number of carbonyl (C=O) groups is 1. The standard InChI is InChI=1S/C27H24N2O5S/c30-27(28-18-21-9-6-8-20-7-4-5-12-24(20)21)19-29(35(31,32)23-10-2-1-3-11-23)22-13-14-25-26(17-22)34-16-15-33-25/h1-14,17H,15-16,18-19H2,(H,28,30). The minimum atomic E-state index is -4.02. The van der Waals surface area contributed by atoms with Crippen LogP contribution in [-0.2, 0) is 21.4 Å². The lowest BCUT2D eigenvalue weighted by Gasteiger charge is -2.26. The van der Waals surface area contributed by atoms with Crippen molar-refractivity contribution in [2.24, 2.45) is 0 Å². The molecular weight excluding hydrogens is 464 g/mol. The maximum atomic E-state index is 13.6. The Balaban J connectivity index is 1.42. The van der Waals surface area contributed by atoms with Crippen LogP contribution in [0.15, 0.2) is 95.9 Å². The van der Waals surface area contributed by atoms with Crippen LogP contribution >= 0.6 is 0 Å². The monoisotopic (exact) mass is 488 g/mol. The van der Waals surface area contributed by atoms with Gasteiger partial charge in [0.25, 0.3) is 10.0 Å². The van der Waals surface area contributed by atoms with Crippen molar-refractivity contribution in [1.29, 1.82) is 0 Å². The SMILES string of the molecule is O=C(CN(c1ccc2c(c1)OCCO2)S(=O)(=O)c1ccccc1)NCc1cccc2ccccc12. The van der Waals surface area contributed by atoms with E-state index >= 15 is 0 Å². The third-order valence-electron chi connectivity index (χ3n) is 5.79. The predicted molar refractivity (Wildman–Crippen MR) is 134 cm³/mol. The molecule has 0 unspecified atom stereocenters. The molecule has 0 aromatic heterocycles. The fraction of sp³-hybridized carbons (Fsp3) is 0.148. The van der Waals surface area contributed by atoms with E-state index in [0.29, 0.717) is 30.4 Å². The number of hydrogen-bond acceptors (Lipinski definition) is 5. The van der Waals surface area contributed by atoms with Crippen molar-refractivity contribution >= 4 is 32.4 Å². The third-order valence-corrected chi connectivity index (χ3v) is 7.58. The molecule has 35 heavy (non-hydrogen) atoms. The molecule has 0 fully saturated rings. The molecule has 1 aliphatic rings. The quantitative estimate of drug-likeness (QED) is 0.423. The van der Waals surface area contributed by atoms with Gasteiger partial charge in [-0.15, -0.1) is 0 Å². The molecule has 7 nitrogen and oxygen atoms in total. The molecular formula is C27H24N2O5S. The first-order chi connectivity index (χ1) is 17.0. The van der Waals surface area contributed by atoms with Crippen LogP contribution in [0.2, 0.25) is 0 Å². The predicted octanol–water partition coefficient (Wildman–Crippen LogP) is 4.12. The molecule has 4 aromatic rings. The molecule has 4 aromatic carbocycles. The average Bonchev–Trinajstić information content (AvgIpc) is 2.90. The summed E-state index contributed by atoms with van der Waals surface area (Å²) in [6.07, 6.45) is 0. The second-order valence-electron chi connectivity index (χ2n) is 8.07. The number of nitrogens with zero attached hydrogens (tertiary/aromatic N) is 1. The fourth-order valence-electron chi connectivity index (χ4n) is 4.05. The van der Waals surface area contributed by atoms with E-state index in [4.69, 9.17) is 9.47 Å². The van der Waals surface area contributed by atoms with E-state index in [1.807, 2.05) is 42.5 Å². The molecule has 1 N–H and O–H groups in total. The van der Waals surface area contributed by atoms with Crippen LogP contribution in [0.25, 0.3) is 10.8 Å². The zero-order valence-electron chi connectivity index (χ0n) is 18.9. The van der Waals surface area contributed by atoms with Crippen molar-refractivity contribution in [3.05, 3.63) is 96.6 Å². The van der Waals surface area contributed by atoms with Crippen molar-refractivity contribution in [1.82, 2.24) is 5.32 Å². The van der Waals surface area contributed by atoms with E-state index < -0.39 is 15.9 Å². The summed E-state index contributed by atoms with van der Waals surface area (Å²) in [4.78, 5) is 13.1. The Morgan fingerprint density at radius 1 is 0.829 bits per heavy atom. The number of benzene rings is 4. The van der Waals surface area contributed by atoms with E-state index in [-0.39, 0.29) is 18.0 Å². The van der Waals surface area contributed by atoms with E-state index in [1.54, 1.807) is 36.4 Å². The van der Waals surface area contributed by atoms with E-state index in [9.17, 15) is 13.2 Å². The Kier molecular flexibility index (Phi) is 6.29. The number of fused-ring (bicyclic) bond motifs is 2. The summed E-state index contributed by atoms with van der Waals surface area (Å²) >= 11 is 0. The number of rotatable bonds is 7. The topological polar surface area (TPSA) is 84.9 Å². The highest BCUT2D eigenvalue weighted by Gasteiger charge is 2.28. The Hall–Kier alpha value is -4.04. The number of sulfonamides is 1. The Bertz CT molecular complexity index is 1470. The maximum Gasteiger partial charge on any atom is 0.264 e. The first-order valence-corrected chi connectivity index (χ1v) is 12.7. The molecule has 8 heteroatoms. The molecule has 5 rings (SSSR count). The van der Waals surface area contributed by atoms with Crippen molar-refractivity contribution < 1.29 is 22.7 Å². The van der Waals surface area contributed by atoms with Gasteiger partial charge in [0.05, 0.1) is 10.6 Å². The van der Waals surface area contributed by atoms with E-state index in [1.165, 1.54) is 12.1 Å². The molecule has 178 valence electrons. The van der Waals surface area contributed by atoms with E-state index in [0.717, 1.165) is 20.6 Å². The van der Waals surface area contributed by atoms with Gasteiger partial charge in [0.1, 0.15) is 19.8 Å². The minimum Gasteiger partial charge on any atom is -0.486 e. The third kappa shape index (κ3) is 4.79. The van der Waals surface area contributed by atoms with Crippen molar-refractivity contribution in [3.8, 4) is 11.5 Å². The van der Waals surface area contributed by atoms with Crippen LogP contribution in [0.4, 0.5) is 5.69 Å². The van der Waals surface area contributed by atoms with Gasteiger partial charge in [-0.2, -0.15) is 0 Å². The number of anilines is 1. The zero-order valence-corrected chi connectivity index (χ0v) is 19.7. The summed E-state index contributed by atoms with van der Waals surface area (Å²) in [5, 5.41) is 4.99. The lowest BCUT2D eigenvalue weighted by atomic mass is 10.0. The largest absolute Gasteiger partial charge is 0.486 e. The van der Waals surface area contributed by atoms with Crippen molar-refractivity contribution in [3.63, 3.8) is 0 Å². The number of ether oxygens (including phenoxy) is 2. The second kappa shape index (κ2) is 9.68. The molecule has 0 bridgehead atoms. The highest BCUT2D eigenvalue weighted by Crippen LogP contribution is 2.35. The van der Waals surface area contributed by atoms with Gasteiger partial charge >= 0.3 is 0 Å². The second-order valence-corrected chi connectivity index (χ2v) is 9.93. The van der Waals surface area contributed by atoms with Crippen LogP contribution in [-0.4, -0.2) is 34.1 Å². The highest BCUT2D eigenvalue weighted by atomic mass is 32.2. The highest BCUT2D eigenvalue weighted by molar-refractivity contribution is 7.92. The van der Waals surface area contributed by atoms with Gasteiger partial charge in [0.15, 0.2) is 11.5 Å². The lowest BCUT2D eigenvalue weighted by molar-refractivity contribution is -0.119. The Morgan fingerprint density at radius 2 is 1.54 bits per heavy atom. The summed E-state index contributed by atoms with van der Waals surface area (Å²) in [5.41, 5.74) is 1.27. The van der Waals surface area contributed by atoms with Gasteiger partial charge in [-0.3, -0.25) is 9.10 Å². The van der Waals surface area contributed by atoms with Gasteiger partial charge in [-0.25, -0.2) is 8.42 Å². The van der Waals surface area contributed by atoms with Gasteiger partial charge < -0.3 is 14.8 Å². The molecule has 0 spiro atoms. The molecule has 1 aliphatic heterocycles. The van der Waals surface area contributed by atoms with Gasteiger partial charge in [0, 0.05) is 12.6 Å².